The summed E-state index contributed by atoms with van der Waals surface area (Å²) in [5, 5.41) is 1.82. The normalized spacial score (nSPS) is 22.2. The Bertz CT molecular complexity index is 354. The van der Waals surface area contributed by atoms with Crippen LogP contribution in [-0.4, -0.2) is 12.1 Å². The lowest BCUT2D eigenvalue weighted by atomic mass is 10.2. The van der Waals surface area contributed by atoms with Crippen LogP contribution in [0.1, 0.15) is 30.9 Å². The van der Waals surface area contributed by atoms with Gasteiger partial charge >= 0.3 is 0 Å². The number of furan rings is 1. The average molecular weight is 193 g/mol. The third-order valence-electron chi connectivity index (χ3n) is 2.40. The van der Waals surface area contributed by atoms with Gasteiger partial charge in [0, 0.05) is 13.5 Å². The Morgan fingerprint density at radius 2 is 2.21 bits per heavy atom. The van der Waals surface area contributed by atoms with Crippen LogP contribution in [0.15, 0.2) is 28.4 Å². The van der Waals surface area contributed by atoms with Gasteiger partial charge in [-0.2, -0.15) is 0 Å². The van der Waals surface area contributed by atoms with E-state index in [1.54, 1.807) is 0 Å². The van der Waals surface area contributed by atoms with Crippen molar-refractivity contribution in [2.75, 3.05) is 7.05 Å². The predicted octanol–water partition coefficient (Wildman–Crippen LogP) is 2.80. The Morgan fingerprint density at radius 3 is 2.71 bits per heavy atom. The minimum absolute atomic E-state index is 0.124. The smallest absolute Gasteiger partial charge is 0.128 e. The largest absolute Gasteiger partial charge is 0.464 e. The molecule has 0 amide bonds. The van der Waals surface area contributed by atoms with Gasteiger partial charge < -0.3 is 9.25 Å². The molecule has 0 radical (unpaired) electrons. The van der Waals surface area contributed by atoms with Crippen LogP contribution < -0.4 is 0 Å². The fourth-order valence-corrected chi connectivity index (χ4v) is 1.61. The summed E-state index contributed by atoms with van der Waals surface area (Å²) in [5.74, 6) is 2.88. The molecule has 0 spiro atoms. The minimum Gasteiger partial charge on any atom is -0.464 e. The zero-order chi connectivity index (χ0) is 10.1. The lowest BCUT2D eigenvalue weighted by Gasteiger charge is -2.15. The number of aryl methyl sites for hydroxylation is 1. The second-order valence-electron chi connectivity index (χ2n) is 3.52. The number of allylic oxidation sites excluding steroid dienone is 1. The van der Waals surface area contributed by atoms with E-state index in [4.69, 9.17) is 9.25 Å². The summed E-state index contributed by atoms with van der Waals surface area (Å²) < 4.78 is 5.56. The highest BCUT2D eigenvalue weighted by atomic mass is 16.7. The SMILES string of the molecule is CCC1=CC(c2ccc(C)o2)N(C)O1. The molecule has 1 atom stereocenters. The standard InChI is InChI=1S/C11H15NO2/c1-4-9-7-10(12(3)14-9)11-6-5-8(2)13-11/h5-7,10H,4H2,1-3H3. The first-order valence-electron chi connectivity index (χ1n) is 4.88. The zero-order valence-corrected chi connectivity index (χ0v) is 8.78. The number of hydrogen-bond acceptors (Lipinski definition) is 3. The Kier molecular flexibility index (Phi) is 2.33. The topological polar surface area (TPSA) is 25.6 Å². The van der Waals surface area contributed by atoms with Crippen molar-refractivity contribution >= 4 is 0 Å². The van der Waals surface area contributed by atoms with E-state index in [0.717, 1.165) is 23.7 Å². The molecule has 1 unspecified atom stereocenters. The molecule has 0 aliphatic carbocycles. The van der Waals surface area contributed by atoms with Gasteiger partial charge in [-0.05, 0) is 25.1 Å². The summed E-state index contributed by atoms with van der Waals surface area (Å²) in [4.78, 5) is 5.52. The molecule has 76 valence electrons. The third kappa shape index (κ3) is 1.55. The van der Waals surface area contributed by atoms with Crippen LogP contribution in [0.5, 0.6) is 0 Å². The van der Waals surface area contributed by atoms with Crippen LogP contribution in [0.4, 0.5) is 0 Å². The molecule has 14 heavy (non-hydrogen) atoms. The number of hydroxylamine groups is 2. The van der Waals surface area contributed by atoms with E-state index in [1.165, 1.54) is 0 Å². The fourth-order valence-electron chi connectivity index (χ4n) is 1.61. The summed E-state index contributed by atoms with van der Waals surface area (Å²) in [5.41, 5.74) is 0. The highest BCUT2D eigenvalue weighted by molar-refractivity contribution is 5.18. The molecule has 3 heteroatoms. The zero-order valence-electron chi connectivity index (χ0n) is 8.78. The predicted molar refractivity (Wildman–Crippen MR) is 53.4 cm³/mol. The van der Waals surface area contributed by atoms with Crippen LogP contribution in [0.2, 0.25) is 0 Å². The van der Waals surface area contributed by atoms with Crippen LogP contribution in [0.25, 0.3) is 0 Å². The second-order valence-corrected chi connectivity index (χ2v) is 3.52. The van der Waals surface area contributed by atoms with Gasteiger partial charge in [-0.3, -0.25) is 0 Å². The van der Waals surface area contributed by atoms with Gasteiger partial charge in [0.1, 0.15) is 23.3 Å². The maximum Gasteiger partial charge on any atom is 0.128 e. The van der Waals surface area contributed by atoms with Gasteiger partial charge in [0.05, 0.1) is 0 Å². The second kappa shape index (κ2) is 3.50. The molecular formula is C11H15NO2. The molecule has 3 nitrogen and oxygen atoms in total. The van der Waals surface area contributed by atoms with Gasteiger partial charge in [-0.15, -0.1) is 5.06 Å². The number of likely N-dealkylation sites (N-methyl/N-ethyl adjacent to an activating group) is 1. The minimum atomic E-state index is 0.124. The summed E-state index contributed by atoms with van der Waals surface area (Å²) in [7, 11) is 1.92. The highest BCUT2D eigenvalue weighted by Gasteiger charge is 2.26. The molecule has 0 aromatic carbocycles. The van der Waals surface area contributed by atoms with Gasteiger partial charge in [0.25, 0.3) is 0 Å². The van der Waals surface area contributed by atoms with Gasteiger partial charge in [-0.25, -0.2) is 0 Å². The van der Waals surface area contributed by atoms with Gasteiger partial charge in [0.2, 0.25) is 0 Å². The summed E-state index contributed by atoms with van der Waals surface area (Å²) in [6, 6.07) is 4.09. The average Bonchev–Trinajstić information content (AvgIpc) is 2.71. The molecule has 0 fully saturated rings. The molecule has 1 aromatic heterocycles. The Hall–Kier alpha value is -1.22. The van der Waals surface area contributed by atoms with Crippen molar-refractivity contribution in [1.29, 1.82) is 0 Å². The molecule has 0 saturated heterocycles. The van der Waals surface area contributed by atoms with Crippen molar-refractivity contribution in [2.24, 2.45) is 0 Å². The van der Waals surface area contributed by atoms with Crippen molar-refractivity contribution in [2.45, 2.75) is 26.3 Å². The molecule has 1 aliphatic heterocycles. The van der Waals surface area contributed by atoms with E-state index in [1.807, 2.05) is 31.2 Å². The molecule has 0 bridgehead atoms. The lowest BCUT2D eigenvalue weighted by molar-refractivity contribution is -0.101. The third-order valence-corrected chi connectivity index (χ3v) is 2.40. The fraction of sp³-hybridized carbons (Fsp3) is 0.455. The first-order chi connectivity index (χ1) is 6.70. The van der Waals surface area contributed by atoms with E-state index in [2.05, 4.69) is 13.0 Å². The van der Waals surface area contributed by atoms with Crippen molar-refractivity contribution in [3.8, 4) is 0 Å². The van der Waals surface area contributed by atoms with Crippen LogP contribution in [0.3, 0.4) is 0 Å². The van der Waals surface area contributed by atoms with Gasteiger partial charge in [-0.1, -0.05) is 6.92 Å². The van der Waals surface area contributed by atoms with Crippen molar-refractivity contribution in [1.82, 2.24) is 5.06 Å². The van der Waals surface area contributed by atoms with Crippen molar-refractivity contribution < 1.29 is 9.25 Å². The van der Waals surface area contributed by atoms with Crippen LogP contribution >= 0.6 is 0 Å². The van der Waals surface area contributed by atoms with Crippen molar-refractivity contribution in [3.63, 3.8) is 0 Å². The Labute approximate surface area is 83.9 Å². The highest BCUT2D eigenvalue weighted by Crippen LogP contribution is 2.31. The van der Waals surface area contributed by atoms with E-state index >= 15 is 0 Å². The molecule has 2 heterocycles. The van der Waals surface area contributed by atoms with E-state index in [9.17, 15) is 0 Å². The quantitative estimate of drug-likeness (QED) is 0.722. The van der Waals surface area contributed by atoms with Gasteiger partial charge in [0.15, 0.2) is 0 Å². The molecule has 0 N–H and O–H groups in total. The van der Waals surface area contributed by atoms with E-state index in [0.29, 0.717) is 0 Å². The molecule has 1 aliphatic rings. The molecular weight excluding hydrogens is 178 g/mol. The monoisotopic (exact) mass is 193 g/mol. The summed E-state index contributed by atoms with van der Waals surface area (Å²) in [6.07, 6.45) is 3.01. The first kappa shape index (κ1) is 9.34. The number of nitrogens with zero attached hydrogens (tertiary/aromatic N) is 1. The molecule has 2 rings (SSSR count). The molecule has 1 aromatic rings. The first-order valence-corrected chi connectivity index (χ1v) is 4.88. The maximum atomic E-state index is 5.56. The van der Waals surface area contributed by atoms with Crippen molar-refractivity contribution in [3.05, 3.63) is 35.5 Å². The van der Waals surface area contributed by atoms with Crippen LogP contribution in [-0.2, 0) is 4.84 Å². The van der Waals surface area contributed by atoms with E-state index < -0.39 is 0 Å². The summed E-state index contributed by atoms with van der Waals surface area (Å²) in [6.45, 7) is 4.03. The maximum absolute atomic E-state index is 5.56. The number of rotatable bonds is 2. The molecule has 0 saturated carbocycles. The Morgan fingerprint density at radius 1 is 1.43 bits per heavy atom. The summed E-state index contributed by atoms with van der Waals surface area (Å²) >= 11 is 0. The lowest BCUT2D eigenvalue weighted by Crippen LogP contribution is -2.16. The van der Waals surface area contributed by atoms with Crippen LogP contribution in [0, 0.1) is 6.92 Å². The number of hydrogen-bond donors (Lipinski definition) is 0. The van der Waals surface area contributed by atoms with E-state index in [-0.39, 0.29) is 6.04 Å². The Balaban J connectivity index is 2.23.